The van der Waals surface area contributed by atoms with E-state index < -0.39 is 0 Å². The summed E-state index contributed by atoms with van der Waals surface area (Å²) in [6.07, 6.45) is 2.85. The molecule has 1 aromatic carbocycles. The molecule has 2 heteroatoms. The average molecular weight is 222 g/mol. The van der Waals surface area contributed by atoms with Crippen molar-refractivity contribution in [2.45, 2.75) is 38.0 Å². The smallest absolute Gasteiger partial charge is 0.143 e. The van der Waals surface area contributed by atoms with Crippen LogP contribution in [0.3, 0.4) is 0 Å². The maximum absolute atomic E-state index is 11.4. The third-order valence-corrected chi connectivity index (χ3v) is 3.25. The Morgan fingerprint density at radius 2 is 2.20 bits per heavy atom. The lowest BCUT2D eigenvalue weighted by Gasteiger charge is -2.01. The summed E-state index contributed by atoms with van der Waals surface area (Å²) in [5.41, 5.74) is 1.25. The molecule has 0 unspecified atom stereocenters. The molecule has 0 amide bonds. The number of aryl methyl sites for hydroxylation is 1. The third kappa shape index (κ3) is 5.03. The first-order valence-electron chi connectivity index (χ1n) is 5.43. The van der Waals surface area contributed by atoms with Gasteiger partial charge in [-0.15, -0.1) is 11.8 Å². The first kappa shape index (κ1) is 12.3. The minimum absolute atomic E-state index is 0.364. The summed E-state index contributed by atoms with van der Waals surface area (Å²) in [5.74, 6) is 0.979. The zero-order valence-electron chi connectivity index (χ0n) is 9.45. The zero-order valence-corrected chi connectivity index (χ0v) is 10.3. The molecule has 0 N–H and O–H groups in total. The van der Waals surface area contributed by atoms with Gasteiger partial charge in [-0.25, -0.2) is 0 Å². The Balaban J connectivity index is 2.33. The van der Waals surface area contributed by atoms with Crippen molar-refractivity contribution in [1.29, 1.82) is 0 Å². The summed E-state index contributed by atoms with van der Waals surface area (Å²) in [4.78, 5) is 12.6. The van der Waals surface area contributed by atoms with Crippen LogP contribution >= 0.6 is 11.8 Å². The number of hydrogen-bond acceptors (Lipinski definition) is 2. The van der Waals surface area contributed by atoms with Crippen molar-refractivity contribution < 1.29 is 4.79 Å². The number of carbonyl (C=O) groups excluding carboxylic acids is 1. The molecule has 0 aliphatic heterocycles. The fourth-order valence-corrected chi connectivity index (χ4v) is 2.23. The van der Waals surface area contributed by atoms with Gasteiger partial charge in [-0.05, 0) is 25.5 Å². The molecule has 1 rings (SSSR count). The average Bonchev–Trinajstić information content (AvgIpc) is 2.23. The largest absolute Gasteiger partial charge is 0.299 e. The van der Waals surface area contributed by atoms with E-state index in [9.17, 15) is 4.79 Å². The minimum atomic E-state index is 0.364. The van der Waals surface area contributed by atoms with Crippen molar-refractivity contribution in [3.05, 3.63) is 29.8 Å². The summed E-state index contributed by atoms with van der Waals surface area (Å²) in [5, 5.41) is 0. The fourth-order valence-electron chi connectivity index (χ4n) is 1.32. The first-order chi connectivity index (χ1) is 7.22. The van der Waals surface area contributed by atoms with Gasteiger partial charge in [0.25, 0.3) is 0 Å². The van der Waals surface area contributed by atoms with Crippen molar-refractivity contribution >= 4 is 17.5 Å². The molecule has 0 aliphatic rings. The van der Waals surface area contributed by atoms with Gasteiger partial charge < -0.3 is 0 Å². The van der Waals surface area contributed by atoms with Gasteiger partial charge in [0.05, 0.1) is 5.75 Å². The van der Waals surface area contributed by atoms with E-state index in [1.54, 1.807) is 11.8 Å². The van der Waals surface area contributed by atoms with Crippen LogP contribution in [0, 0.1) is 6.92 Å². The Hall–Kier alpha value is -0.760. The quantitative estimate of drug-likeness (QED) is 0.680. The number of hydrogen-bond donors (Lipinski definition) is 0. The van der Waals surface area contributed by atoms with E-state index in [4.69, 9.17) is 0 Å². The van der Waals surface area contributed by atoms with E-state index in [2.05, 4.69) is 32.0 Å². The highest BCUT2D eigenvalue weighted by atomic mass is 32.2. The monoisotopic (exact) mass is 222 g/mol. The van der Waals surface area contributed by atoms with Crippen LogP contribution in [0.2, 0.25) is 0 Å². The summed E-state index contributed by atoms with van der Waals surface area (Å²) >= 11 is 1.64. The molecule has 0 bridgehead atoms. The lowest BCUT2D eigenvalue weighted by atomic mass is 10.2. The Labute approximate surface area is 96.3 Å². The second kappa shape index (κ2) is 6.67. The van der Waals surface area contributed by atoms with Crippen molar-refractivity contribution in [1.82, 2.24) is 0 Å². The van der Waals surface area contributed by atoms with Crippen molar-refractivity contribution in [3.63, 3.8) is 0 Å². The third-order valence-electron chi connectivity index (χ3n) is 2.20. The number of benzene rings is 1. The molecule has 0 heterocycles. The topological polar surface area (TPSA) is 17.1 Å². The van der Waals surface area contributed by atoms with Gasteiger partial charge in [-0.2, -0.15) is 0 Å². The van der Waals surface area contributed by atoms with Gasteiger partial charge >= 0.3 is 0 Å². The number of unbranched alkanes of at least 4 members (excludes halogenated alkanes) is 1. The Morgan fingerprint density at radius 3 is 2.87 bits per heavy atom. The molecular formula is C13H18OS. The molecule has 0 atom stereocenters. The van der Waals surface area contributed by atoms with E-state index in [0.717, 1.165) is 19.3 Å². The Bertz CT molecular complexity index is 320. The van der Waals surface area contributed by atoms with E-state index in [1.165, 1.54) is 10.5 Å². The Kier molecular flexibility index (Phi) is 5.48. The van der Waals surface area contributed by atoms with Crippen molar-refractivity contribution in [2.24, 2.45) is 0 Å². The van der Waals surface area contributed by atoms with Crippen LogP contribution < -0.4 is 0 Å². The van der Waals surface area contributed by atoms with Gasteiger partial charge in [-0.1, -0.05) is 31.0 Å². The normalized spacial score (nSPS) is 10.3. The van der Waals surface area contributed by atoms with E-state index in [1.807, 2.05) is 6.07 Å². The van der Waals surface area contributed by atoms with Gasteiger partial charge in [0.2, 0.25) is 0 Å². The number of ketones is 1. The minimum Gasteiger partial charge on any atom is -0.299 e. The number of thioether (sulfide) groups is 1. The molecule has 0 saturated heterocycles. The van der Waals surface area contributed by atoms with E-state index >= 15 is 0 Å². The summed E-state index contributed by atoms with van der Waals surface area (Å²) in [6.45, 7) is 4.18. The highest BCUT2D eigenvalue weighted by Gasteiger charge is 2.02. The standard InChI is InChI=1S/C13H18OS/c1-3-4-7-12(14)10-15-13-8-5-6-11(2)9-13/h5-6,8-9H,3-4,7,10H2,1-2H3. The molecule has 1 nitrogen and oxygen atoms in total. The SMILES string of the molecule is CCCCC(=O)CSc1cccc(C)c1. The van der Waals surface area contributed by atoms with Crippen LogP contribution in [-0.4, -0.2) is 11.5 Å². The number of rotatable bonds is 6. The predicted octanol–water partition coefficient (Wildman–Crippen LogP) is 3.85. The van der Waals surface area contributed by atoms with Crippen LogP contribution in [0.5, 0.6) is 0 Å². The summed E-state index contributed by atoms with van der Waals surface area (Å²) < 4.78 is 0. The Morgan fingerprint density at radius 1 is 1.40 bits per heavy atom. The molecule has 1 aromatic rings. The molecular weight excluding hydrogens is 204 g/mol. The van der Waals surface area contributed by atoms with Gasteiger partial charge in [0, 0.05) is 11.3 Å². The molecule has 0 spiro atoms. The predicted molar refractivity (Wildman–Crippen MR) is 66.4 cm³/mol. The van der Waals surface area contributed by atoms with Crippen LogP contribution in [0.25, 0.3) is 0 Å². The molecule has 0 aromatic heterocycles. The van der Waals surface area contributed by atoms with E-state index in [-0.39, 0.29) is 0 Å². The lowest BCUT2D eigenvalue weighted by Crippen LogP contribution is -2.00. The highest BCUT2D eigenvalue weighted by molar-refractivity contribution is 8.00. The van der Waals surface area contributed by atoms with Crippen LogP contribution in [0.15, 0.2) is 29.2 Å². The highest BCUT2D eigenvalue weighted by Crippen LogP contribution is 2.19. The van der Waals surface area contributed by atoms with E-state index in [0.29, 0.717) is 11.5 Å². The van der Waals surface area contributed by atoms with Crippen molar-refractivity contribution in [2.75, 3.05) is 5.75 Å². The lowest BCUT2D eigenvalue weighted by molar-refractivity contribution is -0.116. The second-order valence-corrected chi connectivity index (χ2v) is 4.80. The molecule has 0 fully saturated rings. The van der Waals surface area contributed by atoms with Crippen LogP contribution in [0.1, 0.15) is 31.7 Å². The van der Waals surface area contributed by atoms with Gasteiger partial charge in [0.1, 0.15) is 5.78 Å². The second-order valence-electron chi connectivity index (χ2n) is 3.75. The van der Waals surface area contributed by atoms with Crippen molar-refractivity contribution in [3.8, 4) is 0 Å². The van der Waals surface area contributed by atoms with Crippen LogP contribution in [0.4, 0.5) is 0 Å². The zero-order chi connectivity index (χ0) is 11.1. The maximum atomic E-state index is 11.4. The first-order valence-corrected chi connectivity index (χ1v) is 6.42. The van der Waals surface area contributed by atoms with Gasteiger partial charge in [0.15, 0.2) is 0 Å². The maximum Gasteiger partial charge on any atom is 0.143 e. The number of carbonyl (C=O) groups is 1. The molecule has 0 radical (unpaired) electrons. The fraction of sp³-hybridized carbons (Fsp3) is 0.462. The molecule has 82 valence electrons. The molecule has 15 heavy (non-hydrogen) atoms. The molecule has 0 saturated carbocycles. The number of Topliss-reactive ketones (excluding diaryl/α,β-unsaturated/α-hetero) is 1. The van der Waals surface area contributed by atoms with Crippen LogP contribution in [-0.2, 0) is 4.79 Å². The van der Waals surface area contributed by atoms with Gasteiger partial charge in [-0.3, -0.25) is 4.79 Å². The summed E-state index contributed by atoms with van der Waals surface area (Å²) in [6, 6.07) is 8.29. The molecule has 0 aliphatic carbocycles. The summed E-state index contributed by atoms with van der Waals surface area (Å²) in [7, 11) is 0.